The van der Waals surface area contributed by atoms with Gasteiger partial charge in [-0.05, 0) is 29.7 Å². The quantitative estimate of drug-likeness (QED) is 0.530. The highest BCUT2D eigenvalue weighted by molar-refractivity contribution is 7.04. The first kappa shape index (κ1) is 19.6. The van der Waals surface area contributed by atoms with Crippen LogP contribution in [0.4, 0.5) is 14.5 Å². The average molecular weight is 428 g/mol. The standard InChI is InChI=1S/C20H14F2N4O3S/c21-13-6-2-1-5-12(13)9-26-19(28)18-16(11-30-24-18)25(20(26)29)10-17(27)23-15-8-4-3-7-14(15)22/h1-8,11H,9-10H2,(H,23,27). The second-order valence-corrected chi connectivity index (χ2v) is 7.06. The molecule has 0 bridgehead atoms. The Bertz CT molecular complexity index is 1380. The number of aromatic nitrogens is 3. The molecule has 152 valence electrons. The fourth-order valence-corrected chi connectivity index (χ4v) is 3.69. The van der Waals surface area contributed by atoms with Gasteiger partial charge in [0.2, 0.25) is 5.91 Å². The highest BCUT2D eigenvalue weighted by Crippen LogP contribution is 2.14. The Labute approximate surface area is 172 Å². The van der Waals surface area contributed by atoms with Gasteiger partial charge in [0.05, 0.1) is 17.7 Å². The summed E-state index contributed by atoms with van der Waals surface area (Å²) in [5.74, 6) is -1.85. The van der Waals surface area contributed by atoms with Gasteiger partial charge >= 0.3 is 5.69 Å². The molecule has 2 aromatic heterocycles. The van der Waals surface area contributed by atoms with Gasteiger partial charge in [0.25, 0.3) is 5.56 Å². The van der Waals surface area contributed by atoms with E-state index in [1.54, 1.807) is 12.1 Å². The Kier molecular flexibility index (Phi) is 5.23. The van der Waals surface area contributed by atoms with E-state index in [2.05, 4.69) is 9.69 Å². The number of carbonyl (C=O) groups is 1. The smallest absolute Gasteiger partial charge is 0.322 e. The van der Waals surface area contributed by atoms with E-state index >= 15 is 0 Å². The van der Waals surface area contributed by atoms with Gasteiger partial charge in [-0.15, -0.1) is 0 Å². The van der Waals surface area contributed by atoms with Crippen molar-refractivity contribution >= 4 is 34.2 Å². The zero-order valence-corrected chi connectivity index (χ0v) is 16.2. The molecule has 1 amide bonds. The predicted molar refractivity (Wildman–Crippen MR) is 109 cm³/mol. The first-order chi connectivity index (χ1) is 14.5. The number of hydrogen-bond donors (Lipinski definition) is 1. The van der Waals surface area contributed by atoms with Crippen LogP contribution >= 0.6 is 11.5 Å². The van der Waals surface area contributed by atoms with Crippen LogP contribution in [0.1, 0.15) is 5.56 Å². The molecule has 0 fully saturated rings. The van der Waals surface area contributed by atoms with E-state index in [1.807, 2.05) is 0 Å². The maximum atomic E-state index is 14.0. The molecule has 2 heterocycles. The Morgan fingerprint density at radius 1 is 1.00 bits per heavy atom. The lowest BCUT2D eigenvalue weighted by atomic mass is 10.2. The number of carbonyl (C=O) groups excluding carboxylic acids is 1. The summed E-state index contributed by atoms with van der Waals surface area (Å²) in [4.78, 5) is 38.2. The molecule has 0 unspecified atom stereocenters. The number of hydrogen-bond acceptors (Lipinski definition) is 5. The van der Waals surface area contributed by atoms with Crippen LogP contribution in [-0.2, 0) is 17.9 Å². The predicted octanol–water partition coefficient (Wildman–Crippen LogP) is 2.58. The van der Waals surface area contributed by atoms with Crippen molar-refractivity contribution in [2.75, 3.05) is 5.32 Å². The summed E-state index contributed by atoms with van der Waals surface area (Å²) in [6.45, 7) is -0.785. The van der Waals surface area contributed by atoms with Gasteiger partial charge in [-0.1, -0.05) is 30.3 Å². The summed E-state index contributed by atoms with van der Waals surface area (Å²) >= 11 is 0.953. The van der Waals surface area contributed by atoms with E-state index in [0.717, 1.165) is 20.7 Å². The van der Waals surface area contributed by atoms with Gasteiger partial charge < -0.3 is 5.32 Å². The molecular formula is C20H14F2N4O3S. The van der Waals surface area contributed by atoms with E-state index in [0.29, 0.717) is 0 Å². The average Bonchev–Trinajstić information content (AvgIpc) is 3.21. The minimum Gasteiger partial charge on any atom is -0.322 e. The minimum absolute atomic E-state index is 0.00497. The Morgan fingerprint density at radius 3 is 2.43 bits per heavy atom. The summed E-state index contributed by atoms with van der Waals surface area (Å²) in [6.07, 6.45) is 0. The summed E-state index contributed by atoms with van der Waals surface area (Å²) in [7, 11) is 0. The van der Waals surface area contributed by atoms with Crippen molar-refractivity contribution in [3.8, 4) is 0 Å². The van der Waals surface area contributed by atoms with Crippen LogP contribution in [0.25, 0.3) is 11.0 Å². The summed E-state index contributed by atoms with van der Waals surface area (Å²) in [5.41, 5.74) is -1.17. The van der Waals surface area contributed by atoms with Crippen LogP contribution in [0.5, 0.6) is 0 Å². The maximum absolute atomic E-state index is 14.0. The van der Waals surface area contributed by atoms with E-state index in [9.17, 15) is 23.2 Å². The van der Waals surface area contributed by atoms with Crippen LogP contribution in [-0.4, -0.2) is 19.4 Å². The third-order valence-electron chi connectivity index (χ3n) is 4.49. The zero-order valence-electron chi connectivity index (χ0n) is 15.3. The van der Waals surface area contributed by atoms with Crippen molar-refractivity contribution < 1.29 is 13.6 Å². The van der Waals surface area contributed by atoms with Crippen molar-refractivity contribution in [3.63, 3.8) is 0 Å². The van der Waals surface area contributed by atoms with E-state index in [4.69, 9.17) is 0 Å². The summed E-state index contributed by atoms with van der Waals surface area (Å²) < 4.78 is 33.8. The molecule has 2 aromatic carbocycles. The first-order valence-corrected chi connectivity index (χ1v) is 9.65. The van der Waals surface area contributed by atoms with Gasteiger partial charge in [-0.2, -0.15) is 4.37 Å². The maximum Gasteiger partial charge on any atom is 0.332 e. The lowest BCUT2D eigenvalue weighted by Gasteiger charge is -2.12. The number of nitrogens with zero attached hydrogens (tertiary/aromatic N) is 3. The topological polar surface area (TPSA) is 86.0 Å². The van der Waals surface area contributed by atoms with Gasteiger partial charge in [0.1, 0.15) is 18.2 Å². The number of nitrogens with one attached hydrogen (secondary N) is 1. The molecular weight excluding hydrogens is 414 g/mol. The number of amides is 1. The van der Waals surface area contributed by atoms with E-state index in [-0.39, 0.29) is 28.8 Å². The molecule has 0 spiro atoms. The van der Waals surface area contributed by atoms with Crippen molar-refractivity contribution in [2.24, 2.45) is 0 Å². The fourth-order valence-electron chi connectivity index (χ4n) is 3.02. The summed E-state index contributed by atoms with van der Waals surface area (Å²) in [5, 5.41) is 3.87. The first-order valence-electron chi connectivity index (χ1n) is 8.81. The summed E-state index contributed by atoms with van der Waals surface area (Å²) in [6, 6.07) is 11.4. The molecule has 1 N–H and O–H groups in total. The Morgan fingerprint density at radius 2 is 1.70 bits per heavy atom. The number of anilines is 1. The molecule has 0 radical (unpaired) electrons. The van der Waals surface area contributed by atoms with E-state index < -0.39 is 35.3 Å². The molecule has 4 rings (SSSR count). The van der Waals surface area contributed by atoms with Crippen LogP contribution in [0, 0.1) is 11.6 Å². The third kappa shape index (κ3) is 3.64. The highest BCUT2D eigenvalue weighted by atomic mass is 32.1. The number of para-hydroxylation sites is 1. The molecule has 10 heteroatoms. The Balaban J connectivity index is 1.75. The highest BCUT2D eigenvalue weighted by Gasteiger charge is 2.18. The monoisotopic (exact) mass is 428 g/mol. The largest absolute Gasteiger partial charge is 0.332 e. The van der Waals surface area contributed by atoms with Crippen molar-refractivity contribution in [3.05, 3.63) is 91.9 Å². The minimum atomic E-state index is -0.792. The third-order valence-corrected chi connectivity index (χ3v) is 5.10. The lowest BCUT2D eigenvalue weighted by Crippen LogP contribution is -2.42. The number of rotatable bonds is 5. The van der Waals surface area contributed by atoms with Crippen molar-refractivity contribution in [1.29, 1.82) is 0 Å². The molecule has 0 aliphatic heterocycles. The van der Waals surface area contributed by atoms with Gasteiger partial charge in [-0.25, -0.2) is 13.6 Å². The molecule has 0 aliphatic rings. The van der Waals surface area contributed by atoms with Gasteiger partial charge in [0.15, 0.2) is 5.52 Å². The van der Waals surface area contributed by atoms with Crippen LogP contribution < -0.4 is 16.6 Å². The van der Waals surface area contributed by atoms with Gasteiger partial charge in [-0.3, -0.25) is 18.7 Å². The molecule has 7 nitrogen and oxygen atoms in total. The second-order valence-electron chi connectivity index (χ2n) is 6.43. The number of fused-ring (bicyclic) bond motifs is 1. The van der Waals surface area contributed by atoms with Crippen LogP contribution in [0.2, 0.25) is 0 Å². The lowest BCUT2D eigenvalue weighted by molar-refractivity contribution is -0.116. The Hall–Kier alpha value is -3.66. The molecule has 0 atom stereocenters. The SMILES string of the molecule is O=C(Cn1c(=O)n(Cc2ccccc2F)c(=O)c2nscc21)Nc1ccccc1F. The molecule has 4 aromatic rings. The van der Waals surface area contributed by atoms with Crippen molar-refractivity contribution in [2.45, 2.75) is 13.1 Å². The molecule has 0 saturated heterocycles. The van der Waals surface area contributed by atoms with Gasteiger partial charge in [0, 0.05) is 10.9 Å². The van der Waals surface area contributed by atoms with E-state index in [1.165, 1.54) is 41.8 Å². The number of halogens is 2. The van der Waals surface area contributed by atoms with Crippen LogP contribution in [0.15, 0.2) is 63.5 Å². The van der Waals surface area contributed by atoms with Crippen molar-refractivity contribution in [1.82, 2.24) is 13.5 Å². The zero-order chi connectivity index (χ0) is 21.3. The molecule has 0 saturated carbocycles. The second kappa shape index (κ2) is 7.99. The normalized spacial score (nSPS) is 11.0. The molecule has 0 aliphatic carbocycles. The number of benzene rings is 2. The molecule has 30 heavy (non-hydrogen) atoms. The van der Waals surface area contributed by atoms with Crippen LogP contribution in [0.3, 0.4) is 0 Å². The fraction of sp³-hybridized carbons (Fsp3) is 0.100.